The molecule has 0 saturated carbocycles. The first-order chi connectivity index (χ1) is 14.7. The topological polar surface area (TPSA) is 43.4 Å². The van der Waals surface area contributed by atoms with Gasteiger partial charge in [0.1, 0.15) is 0 Å². The quantitative estimate of drug-likeness (QED) is 0.112. The summed E-state index contributed by atoms with van der Waals surface area (Å²) in [6.07, 6.45) is 27.7. The van der Waals surface area contributed by atoms with Crippen LogP contribution in [0.15, 0.2) is 0 Å². The minimum Gasteiger partial charge on any atom is -0.235 e. The van der Waals surface area contributed by atoms with Crippen LogP contribution in [0.2, 0.25) is 0 Å². The van der Waals surface area contributed by atoms with Crippen molar-refractivity contribution in [1.82, 2.24) is 0 Å². The maximum absolute atomic E-state index is 13.0. The summed E-state index contributed by atoms with van der Waals surface area (Å²) < 4.78 is 37.5. The van der Waals surface area contributed by atoms with Crippen molar-refractivity contribution in [2.45, 2.75) is 161 Å². The Kier molecular flexibility index (Phi) is 25.0. The van der Waals surface area contributed by atoms with Gasteiger partial charge >= 0.3 is 0 Å². The van der Waals surface area contributed by atoms with E-state index in [1.54, 1.807) is 0 Å². The lowest BCUT2D eigenvalue weighted by atomic mass is 10.0. The van der Waals surface area contributed by atoms with Crippen molar-refractivity contribution in [3.05, 3.63) is 0 Å². The van der Waals surface area contributed by atoms with Crippen LogP contribution < -0.4 is 0 Å². The van der Waals surface area contributed by atoms with Gasteiger partial charge in [0.2, 0.25) is 6.36 Å². The van der Waals surface area contributed by atoms with Crippen molar-refractivity contribution >= 4 is 11.0 Å². The summed E-state index contributed by atoms with van der Waals surface area (Å²) in [6, 6.07) is 0. The lowest BCUT2D eigenvalue weighted by Gasteiger charge is -2.05. The number of hydrogen-bond donors (Lipinski definition) is 1. The standard InChI is InChI=1S/C25H51FO3S/c1-2-3-4-5-6-7-8-9-10-11-12-13-14-15-16-17-18-19-20-21-22-23-24-25(26)29-30(27)28/h25,30H,2-24H2,1H3. The van der Waals surface area contributed by atoms with Gasteiger partial charge in [-0.05, 0) is 6.42 Å². The molecular weight excluding hydrogens is 399 g/mol. The number of thiol groups is 1. The van der Waals surface area contributed by atoms with Gasteiger partial charge in [-0.3, -0.25) is 0 Å². The number of hydrogen-bond acceptors (Lipinski definition) is 3. The Balaban J connectivity index is 3.06. The molecule has 0 heterocycles. The molecule has 0 aromatic heterocycles. The molecule has 1 unspecified atom stereocenters. The molecule has 0 fully saturated rings. The minimum absolute atomic E-state index is 0.183. The van der Waals surface area contributed by atoms with Gasteiger partial charge in [-0.2, -0.15) is 0 Å². The summed E-state index contributed by atoms with van der Waals surface area (Å²) in [5.41, 5.74) is 0. The first-order valence-electron chi connectivity index (χ1n) is 13.1. The third-order valence-electron chi connectivity index (χ3n) is 5.99. The second-order valence-electron chi connectivity index (χ2n) is 8.95. The van der Waals surface area contributed by atoms with Crippen molar-refractivity contribution in [2.24, 2.45) is 0 Å². The molecule has 0 radical (unpaired) electrons. The van der Waals surface area contributed by atoms with E-state index in [0.717, 1.165) is 12.8 Å². The van der Waals surface area contributed by atoms with E-state index in [1.807, 2.05) is 0 Å². The van der Waals surface area contributed by atoms with Crippen LogP contribution in [0.4, 0.5) is 4.39 Å². The highest BCUT2D eigenvalue weighted by Crippen LogP contribution is 2.16. The van der Waals surface area contributed by atoms with Crippen molar-refractivity contribution in [2.75, 3.05) is 0 Å². The summed E-state index contributed by atoms with van der Waals surface area (Å²) >= 11 is 0. The first kappa shape index (κ1) is 29.8. The van der Waals surface area contributed by atoms with E-state index in [9.17, 15) is 12.8 Å². The van der Waals surface area contributed by atoms with Gasteiger partial charge in [-0.15, -0.1) is 0 Å². The third-order valence-corrected chi connectivity index (χ3v) is 6.39. The number of halogens is 1. The van der Waals surface area contributed by atoms with Crippen LogP contribution in [0.1, 0.15) is 155 Å². The normalized spacial score (nSPS) is 12.6. The Labute approximate surface area is 189 Å². The summed E-state index contributed by atoms with van der Waals surface area (Å²) in [4.78, 5) is 0. The molecule has 1 atom stereocenters. The zero-order chi connectivity index (χ0) is 22.1. The molecule has 0 spiro atoms. The second kappa shape index (κ2) is 25.1. The molecule has 0 N–H and O–H groups in total. The fraction of sp³-hybridized carbons (Fsp3) is 1.00. The molecule has 0 aromatic rings. The van der Waals surface area contributed by atoms with Gasteiger partial charge in [0.25, 0.3) is 11.0 Å². The van der Waals surface area contributed by atoms with Crippen molar-refractivity contribution in [3.8, 4) is 0 Å². The van der Waals surface area contributed by atoms with Crippen LogP contribution in [0.5, 0.6) is 0 Å². The molecule has 0 rings (SSSR count). The summed E-state index contributed by atoms with van der Waals surface area (Å²) in [7, 11) is -3.06. The third kappa shape index (κ3) is 25.9. The van der Waals surface area contributed by atoms with Crippen LogP contribution in [0.25, 0.3) is 0 Å². The number of rotatable bonds is 25. The summed E-state index contributed by atoms with van der Waals surface area (Å²) in [5, 5.41) is 0. The first-order valence-corrected chi connectivity index (χ1v) is 14.2. The highest BCUT2D eigenvalue weighted by atomic mass is 32.2. The Morgan fingerprint density at radius 3 is 1.07 bits per heavy atom. The molecule has 0 aliphatic rings. The zero-order valence-electron chi connectivity index (χ0n) is 19.9. The molecule has 0 amide bonds. The van der Waals surface area contributed by atoms with E-state index in [0.29, 0.717) is 6.42 Å². The molecule has 0 bridgehead atoms. The SMILES string of the molecule is CCCCCCCCCCCCCCCCCCCCCCCCC(F)O[SH](=O)=O. The van der Waals surface area contributed by atoms with Gasteiger partial charge in [0, 0.05) is 6.42 Å². The fourth-order valence-corrected chi connectivity index (χ4v) is 4.35. The van der Waals surface area contributed by atoms with E-state index in [2.05, 4.69) is 11.1 Å². The summed E-state index contributed by atoms with van der Waals surface area (Å²) in [6.45, 7) is 2.28. The molecule has 0 aromatic carbocycles. The van der Waals surface area contributed by atoms with Gasteiger partial charge < -0.3 is 0 Å². The van der Waals surface area contributed by atoms with E-state index in [4.69, 9.17) is 0 Å². The van der Waals surface area contributed by atoms with Gasteiger partial charge in [0.05, 0.1) is 0 Å². The predicted molar refractivity (Wildman–Crippen MR) is 128 cm³/mol. The second-order valence-corrected chi connectivity index (χ2v) is 9.61. The lowest BCUT2D eigenvalue weighted by molar-refractivity contribution is 0.0689. The van der Waals surface area contributed by atoms with E-state index in [-0.39, 0.29) is 6.42 Å². The van der Waals surface area contributed by atoms with Gasteiger partial charge in [0.15, 0.2) is 0 Å². The van der Waals surface area contributed by atoms with Crippen LogP contribution >= 0.6 is 0 Å². The Morgan fingerprint density at radius 1 is 0.533 bits per heavy atom. The Bertz CT molecular complexity index is 394. The van der Waals surface area contributed by atoms with E-state index in [1.165, 1.54) is 122 Å². The fourth-order valence-electron chi connectivity index (χ4n) is 4.06. The lowest BCUT2D eigenvalue weighted by Crippen LogP contribution is -2.04. The van der Waals surface area contributed by atoms with Gasteiger partial charge in [-0.25, -0.2) is 17.0 Å². The highest BCUT2D eigenvalue weighted by molar-refractivity contribution is 7.67. The maximum atomic E-state index is 13.0. The highest BCUT2D eigenvalue weighted by Gasteiger charge is 2.06. The molecule has 3 nitrogen and oxygen atoms in total. The minimum atomic E-state index is -3.06. The van der Waals surface area contributed by atoms with Crippen LogP contribution in [-0.4, -0.2) is 14.8 Å². The Hall–Kier alpha value is -0.160. The maximum Gasteiger partial charge on any atom is 0.259 e. The van der Waals surface area contributed by atoms with Crippen molar-refractivity contribution < 1.29 is 17.0 Å². The molecule has 5 heteroatoms. The van der Waals surface area contributed by atoms with Crippen molar-refractivity contribution in [1.29, 1.82) is 0 Å². The van der Waals surface area contributed by atoms with Crippen LogP contribution in [0.3, 0.4) is 0 Å². The number of alkyl halides is 1. The van der Waals surface area contributed by atoms with E-state index >= 15 is 0 Å². The Morgan fingerprint density at radius 2 is 0.800 bits per heavy atom. The molecule has 182 valence electrons. The van der Waals surface area contributed by atoms with Crippen LogP contribution in [-0.2, 0) is 15.2 Å². The smallest absolute Gasteiger partial charge is 0.235 e. The molecule has 30 heavy (non-hydrogen) atoms. The summed E-state index contributed by atoms with van der Waals surface area (Å²) in [5.74, 6) is 0. The average molecular weight is 451 g/mol. The molecule has 0 aliphatic heterocycles. The van der Waals surface area contributed by atoms with Crippen molar-refractivity contribution in [3.63, 3.8) is 0 Å². The molecule has 0 aliphatic carbocycles. The predicted octanol–water partition coefficient (Wildman–Crippen LogP) is 8.82. The number of unbranched alkanes of at least 4 members (excludes halogenated alkanes) is 21. The zero-order valence-corrected chi connectivity index (χ0v) is 20.8. The average Bonchev–Trinajstić information content (AvgIpc) is 2.71. The van der Waals surface area contributed by atoms with Crippen LogP contribution in [0, 0.1) is 0 Å². The largest absolute Gasteiger partial charge is 0.259 e. The molecular formula is C25H51FO3S. The van der Waals surface area contributed by atoms with E-state index < -0.39 is 17.3 Å². The monoisotopic (exact) mass is 450 g/mol. The molecule has 0 saturated heterocycles. The van der Waals surface area contributed by atoms with Gasteiger partial charge in [-0.1, -0.05) is 142 Å².